The van der Waals surface area contributed by atoms with E-state index in [2.05, 4.69) is 0 Å². The second-order valence-corrected chi connectivity index (χ2v) is 3.43. The molecule has 0 unspecified atom stereocenters. The van der Waals surface area contributed by atoms with Crippen LogP contribution in [0.2, 0.25) is 0 Å². The van der Waals surface area contributed by atoms with Crippen LogP contribution in [-0.2, 0) is 6.18 Å². The van der Waals surface area contributed by atoms with E-state index in [-0.39, 0.29) is 11.1 Å². The summed E-state index contributed by atoms with van der Waals surface area (Å²) in [5, 5.41) is 0. The smallest absolute Gasteiger partial charge is 0.298 e. The highest BCUT2D eigenvalue weighted by Gasteiger charge is 2.35. The number of hydrogen-bond donors (Lipinski definition) is 0. The third kappa shape index (κ3) is 2.29. The first kappa shape index (κ1) is 12.4. The van der Waals surface area contributed by atoms with E-state index in [1.165, 1.54) is 6.92 Å². The monoisotopic (exact) mass is 230 g/mol. The Hall–Kier alpha value is -1.65. The fourth-order valence-corrected chi connectivity index (χ4v) is 1.38. The summed E-state index contributed by atoms with van der Waals surface area (Å²) in [6.07, 6.45) is -4.16. The quantitative estimate of drug-likeness (QED) is 0.578. The van der Waals surface area contributed by atoms with E-state index in [1.54, 1.807) is 0 Å². The van der Waals surface area contributed by atoms with E-state index in [9.17, 15) is 22.8 Å². The fraction of sp³-hybridized carbons (Fsp3) is 0.273. The number of hydrogen-bond acceptors (Lipinski definition) is 2. The predicted octanol–water partition coefficient (Wildman–Crippen LogP) is 3.03. The maximum absolute atomic E-state index is 12.6. The minimum absolute atomic E-state index is 0.0956. The molecule has 2 nitrogen and oxygen atoms in total. The predicted molar refractivity (Wildman–Crippen MR) is 51.6 cm³/mol. The van der Waals surface area contributed by atoms with Crippen LogP contribution in [0.4, 0.5) is 13.2 Å². The highest BCUT2D eigenvalue weighted by Crippen LogP contribution is 2.33. The number of halogens is 3. The summed E-state index contributed by atoms with van der Waals surface area (Å²) in [4.78, 5) is 21.6. The van der Waals surface area contributed by atoms with Gasteiger partial charge in [0, 0.05) is 11.1 Å². The summed E-state index contributed by atoms with van der Waals surface area (Å²) < 4.78 is 37.8. The third-order valence-electron chi connectivity index (χ3n) is 2.22. The summed E-state index contributed by atoms with van der Waals surface area (Å²) >= 11 is 0. The van der Waals surface area contributed by atoms with Crippen LogP contribution in [0.25, 0.3) is 0 Å². The minimum atomic E-state index is -4.59. The Morgan fingerprint density at radius 2 is 1.88 bits per heavy atom. The van der Waals surface area contributed by atoms with Crippen molar-refractivity contribution in [3.05, 3.63) is 34.4 Å². The number of Topliss-reactive ketones (excluding diaryl/α,β-unsaturated/α-hetero) is 1. The molecule has 86 valence electrons. The third-order valence-corrected chi connectivity index (χ3v) is 2.22. The number of ketones is 1. The molecule has 0 amide bonds. The molecule has 1 rings (SSSR count). The van der Waals surface area contributed by atoms with Gasteiger partial charge in [-0.05, 0) is 31.5 Å². The van der Waals surface area contributed by atoms with Crippen LogP contribution < -0.4 is 0 Å². The number of aldehydes is 1. The molecule has 0 saturated heterocycles. The molecule has 0 atom stereocenters. The Labute approximate surface area is 90.1 Å². The maximum Gasteiger partial charge on any atom is 0.417 e. The topological polar surface area (TPSA) is 34.1 Å². The van der Waals surface area contributed by atoms with Crippen LogP contribution in [0.3, 0.4) is 0 Å². The van der Waals surface area contributed by atoms with Gasteiger partial charge in [0.25, 0.3) is 0 Å². The average Bonchev–Trinajstić information content (AvgIpc) is 2.15. The lowest BCUT2D eigenvalue weighted by molar-refractivity contribution is -0.137. The van der Waals surface area contributed by atoms with Crippen LogP contribution in [-0.4, -0.2) is 12.1 Å². The molecule has 0 fully saturated rings. The first-order valence-electron chi connectivity index (χ1n) is 4.45. The van der Waals surface area contributed by atoms with Crippen molar-refractivity contribution in [2.75, 3.05) is 0 Å². The molecule has 0 bridgehead atoms. The molecule has 0 radical (unpaired) electrons. The van der Waals surface area contributed by atoms with E-state index in [0.29, 0.717) is 6.29 Å². The lowest BCUT2D eigenvalue weighted by Gasteiger charge is -2.13. The fourth-order valence-electron chi connectivity index (χ4n) is 1.38. The van der Waals surface area contributed by atoms with Gasteiger partial charge < -0.3 is 0 Å². The largest absolute Gasteiger partial charge is 0.417 e. The van der Waals surface area contributed by atoms with Gasteiger partial charge in [-0.1, -0.05) is 0 Å². The first-order chi connectivity index (χ1) is 7.27. The molecule has 0 aromatic heterocycles. The van der Waals surface area contributed by atoms with Crippen molar-refractivity contribution in [2.24, 2.45) is 0 Å². The number of alkyl halides is 3. The molecule has 1 aromatic rings. The number of aryl methyl sites for hydroxylation is 1. The van der Waals surface area contributed by atoms with Crippen molar-refractivity contribution >= 4 is 12.1 Å². The highest BCUT2D eigenvalue weighted by atomic mass is 19.4. The Bertz CT molecular complexity index is 447. The summed E-state index contributed by atoms with van der Waals surface area (Å²) in [7, 11) is 0. The number of benzene rings is 1. The average molecular weight is 230 g/mol. The van der Waals surface area contributed by atoms with E-state index < -0.39 is 23.1 Å². The zero-order chi connectivity index (χ0) is 12.5. The van der Waals surface area contributed by atoms with Gasteiger partial charge in [-0.25, -0.2) is 0 Å². The van der Waals surface area contributed by atoms with Crippen molar-refractivity contribution in [1.29, 1.82) is 0 Å². The van der Waals surface area contributed by atoms with Crippen molar-refractivity contribution in [3.8, 4) is 0 Å². The van der Waals surface area contributed by atoms with Crippen molar-refractivity contribution in [1.82, 2.24) is 0 Å². The molecule has 0 aliphatic heterocycles. The van der Waals surface area contributed by atoms with Gasteiger partial charge in [0.05, 0.1) is 5.56 Å². The Morgan fingerprint density at radius 3 is 2.25 bits per heavy atom. The van der Waals surface area contributed by atoms with Crippen LogP contribution in [0.1, 0.15) is 38.8 Å². The summed E-state index contributed by atoms with van der Waals surface area (Å²) in [5.41, 5.74) is -1.17. The molecule has 0 spiro atoms. The minimum Gasteiger partial charge on any atom is -0.298 e. The molecule has 0 aliphatic carbocycles. The second kappa shape index (κ2) is 4.08. The zero-order valence-electron chi connectivity index (χ0n) is 8.68. The van der Waals surface area contributed by atoms with Gasteiger partial charge in [-0.15, -0.1) is 0 Å². The Kier molecular flexibility index (Phi) is 3.16. The van der Waals surface area contributed by atoms with Crippen molar-refractivity contribution < 1.29 is 22.8 Å². The van der Waals surface area contributed by atoms with E-state index in [1.807, 2.05) is 0 Å². The van der Waals surface area contributed by atoms with Crippen molar-refractivity contribution in [2.45, 2.75) is 20.0 Å². The van der Waals surface area contributed by atoms with Gasteiger partial charge in [0.15, 0.2) is 5.78 Å². The molecule has 1 aromatic carbocycles. The van der Waals surface area contributed by atoms with Gasteiger partial charge in [0.1, 0.15) is 6.29 Å². The zero-order valence-corrected chi connectivity index (χ0v) is 8.68. The number of carbonyl (C=O) groups is 2. The lowest BCUT2D eigenvalue weighted by Crippen LogP contribution is -2.13. The highest BCUT2D eigenvalue weighted by molar-refractivity contribution is 5.97. The number of carbonyl (C=O) groups excluding carboxylic acids is 2. The SMILES string of the molecule is CC(=O)c1cc(C=O)c(C)cc1C(F)(F)F. The van der Waals surface area contributed by atoms with Gasteiger partial charge in [-0.2, -0.15) is 13.2 Å². The summed E-state index contributed by atoms with van der Waals surface area (Å²) in [6, 6.07) is 1.80. The Morgan fingerprint density at radius 1 is 1.31 bits per heavy atom. The van der Waals surface area contributed by atoms with E-state index in [4.69, 9.17) is 0 Å². The standard InChI is InChI=1S/C11H9F3O2/c1-6-3-10(11(12,13)14)9(7(2)16)4-8(6)5-15/h3-5H,1-2H3. The summed E-state index contributed by atoms with van der Waals surface area (Å²) in [5.74, 6) is -0.713. The Balaban J connectivity index is 3.55. The van der Waals surface area contributed by atoms with E-state index in [0.717, 1.165) is 19.1 Å². The molecular formula is C11H9F3O2. The summed E-state index contributed by atoms with van der Waals surface area (Å²) in [6.45, 7) is 2.43. The molecule has 0 heterocycles. The van der Waals surface area contributed by atoms with Crippen LogP contribution in [0.5, 0.6) is 0 Å². The van der Waals surface area contributed by atoms with Crippen LogP contribution in [0.15, 0.2) is 12.1 Å². The van der Waals surface area contributed by atoms with Crippen LogP contribution >= 0.6 is 0 Å². The lowest BCUT2D eigenvalue weighted by atomic mass is 9.97. The van der Waals surface area contributed by atoms with Gasteiger partial charge >= 0.3 is 6.18 Å². The van der Waals surface area contributed by atoms with Gasteiger partial charge in [-0.3, -0.25) is 9.59 Å². The second-order valence-electron chi connectivity index (χ2n) is 3.43. The molecule has 0 saturated carbocycles. The number of rotatable bonds is 2. The van der Waals surface area contributed by atoms with Gasteiger partial charge in [0.2, 0.25) is 0 Å². The molecular weight excluding hydrogens is 221 g/mol. The normalized spacial score (nSPS) is 11.3. The van der Waals surface area contributed by atoms with Crippen molar-refractivity contribution in [3.63, 3.8) is 0 Å². The van der Waals surface area contributed by atoms with Crippen LogP contribution in [0, 0.1) is 6.92 Å². The molecule has 0 aliphatic rings. The molecule has 5 heteroatoms. The maximum atomic E-state index is 12.6. The molecule has 16 heavy (non-hydrogen) atoms. The molecule has 0 N–H and O–H groups in total. The van der Waals surface area contributed by atoms with E-state index >= 15 is 0 Å². The first-order valence-corrected chi connectivity index (χ1v) is 4.45.